The third-order valence-corrected chi connectivity index (χ3v) is 6.87. The molecule has 0 amide bonds. The summed E-state index contributed by atoms with van der Waals surface area (Å²) < 4.78 is 32.3. The lowest BCUT2D eigenvalue weighted by Gasteiger charge is -2.31. The van der Waals surface area contributed by atoms with E-state index in [0.717, 1.165) is 35.2 Å². The number of fused-ring (bicyclic) bond motifs is 1. The summed E-state index contributed by atoms with van der Waals surface area (Å²) in [5.74, 6) is 0.953. The number of nitrogens with zero attached hydrogens (tertiary/aromatic N) is 4. The first-order chi connectivity index (χ1) is 13.1. The third kappa shape index (κ3) is 3.38. The standard InChI is InChI=1S/C19H20N4O3S/c1-26-15-4-5-17-18(11-15)21-13-22-19(17)14-6-9-23(10-7-14)27(24,25)16-3-2-8-20-12-16/h2-5,8,11-14H,6-7,9-10H2,1H3. The van der Waals surface area contributed by atoms with Crippen LogP contribution in [0.25, 0.3) is 10.9 Å². The molecule has 3 aromatic rings. The van der Waals surface area contributed by atoms with E-state index < -0.39 is 10.0 Å². The molecule has 27 heavy (non-hydrogen) atoms. The van der Waals surface area contributed by atoms with Crippen molar-refractivity contribution in [3.63, 3.8) is 0 Å². The Labute approximate surface area is 158 Å². The Morgan fingerprint density at radius 1 is 1.15 bits per heavy atom. The highest BCUT2D eigenvalue weighted by Gasteiger charge is 2.31. The summed E-state index contributed by atoms with van der Waals surface area (Å²) in [4.78, 5) is 13.0. The number of ether oxygens (including phenoxy) is 1. The van der Waals surface area contributed by atoms with Gasteiger partial charge in [-0.2, -0.15) is 4.31 Å². The van der Waals surface area contributed by atoms with E-state index >= 15 is 0 Å². The lowest BCUT2D eigenvalue weighted by atomic mass is 9.92. The van der Waals surface area contributed by atoms with Gasteiger partial charge in [-0.3, -0.25) is 4.98 Å². The molecule has 0 N–H and O–H groups in total. The number of aromatic nitrogens is 3. The molecular weight excluding hydrogens is 364 g/mol. The fourth-order valence-corrected chi connectivity index (χ4v) is 4.96. The van der Waals surface area contributed by atoms with Crippen molar-refractivity contribution < 1.29 is 13.2 Å². The average molecular weight is 384 g/mol. The van der Waals surface area contributed by atoms with Gasteiger partial charge in [0.2, 0.25) is 10.0 Å². The van der Waals surface area contributed by atoms with Gasteiger partial charge in [0.25, 0.3) is 0 Å². The van der Waals surface area contributed by atoms with Gasteiger partial charge in [0.1, 0.15) is 17.0 Å². The summed E-state index contributed by atoms with van der Waals surface area (Å²) in [5, 5.41) is 0.992. The molecule has 7 nitrogen and oxygen atoms in total. The van der Waals surface area contributed by atoms with Crippen LogP contribution in [0.5, 0.6) is 5.75 Å². The lowest BCUT2D eigenvalue weighted by molar-refractivity contribution is 0.317. The summed E-state index contributed by atoms with van der Waals surface area (Å²) in [5.41, 5.74) is 1.81. The molecule has 2 aromatic heterocycles. The van der Waals surface area contributed by atoms with Crippen molar-refractivity contribution in [1.82, 2.24) is 19.3 Å². The summed E-state index contributed by atoms with van der Waals surface area (Å²) >= 11 is 0. The molecule has 0 atom stereocenters. The quantitative estimate of drug-likeness (QED) is 0.687. The van der Waals surface area contributed by atoms with Crippen LogP contribution in [-0.4, -0.2) is 47.9 Å². The number of hydrogen-bond donors (Lipinski definition) is 0. The number of sulfonamides is 1. The molecule has 0 aliphatic carbocycles. The predicted octanol–water partition coefficient (Wildman–Crippen LogP) is 2.60. The molecule has 3 heterocycles. The fraction of sp³-hybridized carbons (Fsp3) is 0.316. The molecule has 1 aliphatic heterocycles. The number of methoxy groups -OCH3 is 1. The Kier molecular flexibility index (Phi) is 4.75. The molecule has 0 spiro atoms. The van der Waals surface area contributed by atoms with Crippen LogP contribution in [0.4, 0.5) is 0 Å². The molecular formula is C19H20N4O3S. The van der Waals surface area contributed by atoms with Crippen LogP contribution in [0.2, 0.25) is 0 Å². The second kappa shape index (κ2) is 7.21. The highest BCUT2D eigenvalue weighted by Crippen LogP contribution is 2.33. The highest BCUT2D eigenvalue weighted by molar-refractivity contribution is 7.89. The smallest absolute Gasteiger partial charge is 0.244 e. The minimum absolute atomic E-state index is 0.198. The van der Waals surface area contributed by atoms with Gasteiger partial charge in [0, 0.05) is 42.9 Å². The van der Waals surface area contributed by atoms with Crippen molar-refractivity contribution in [2.45, 2.75) is 23.7 Å². The molecule has 4 rings (SSSR count). The maximum Gasteiger partial charge on any atom is 0.244 e. The minimum Gasteiger partial charge on any atom is -0.497 e. The van der Waals surface area contributed by atoms with Gasteiger partial charge < -0.3 is 4.74 Å². The fourth-order valence-electron chi connectivity index (χ4n) is 3.53. The normalized spacial score (nSPS) is 16.5. The summed E-state index contributed by atoms with van der Waals surface area (Å²) in [6, 6.07) is 8.99. The molecule has 1 fully saturated rings. The number of pyridine rings is 1. The van der Waals surface area contributed by atoms with E-state index in [1.54, 1.807) is 31.8 Å². The summed E-state index contributed by atoms with van der Waals surface area (Å²) in [6.07, 6.45) is 5.97. The average Bonchev–Trinajstić information content (AvgIpc) is 2.73. The van der Waals surface area contributed by atoms with Gasteiger partial charge in [0.05, 0.1) is 18.3 Å². The molecule has 8 heteroatoms. The highest BCUT2D eigenvalue weighted by atomic mass is 32.2. The molecule has 0 bridgehead atoms. The monoisotopic (exact) mass is 384 g/mol. The number of rotatable bonds is 4. The zero-order valence-electron chi connectivity index (χ0n) is 14.9. The van der Waals surface area contributed by atoms with Crippen LogP contribution in [0.15, 0.2) is 53.9 Å². The van der Waals surface area contributed by atoms with Crippen LogP contribution in [-0.2, 0) is 10.0 Å². The van der Waals surface area contributed by atoms with Crippen LogP contribution in [0, 0.1) is 0 Å². The first kappa shape index (κ1) is 17.8. The molecule has 0 saturated carbocycles. The number of benzene rings is 1. The second-order valence-corrected chi connectivity index (χ2v) is 8.45. The maximum absolute atomic E-state index is 12.8. The zero-order chi connectivity index (χ0) is 18.9. The SMILES string of the molecule is COc1ccc2c(C3CCN(S(=O)(=O)c4cccnc4)CC3)ncnc2c1. The van der Waals surface area contributed by atoms with Crippen molar-refractivity contribution in [3.05, 3.63) is 54.7 Å². The van der Waals surface area contributed by atoms with Crippen LogP contribution >= 0.6 is 0 Å². The van der Waals surface area contributed by atoms with Gasteiger partial charge >= 0.3 is 0 Å². The molecule has 1 saturated heterocycles. The zero-order valence-corrected chi connectivity index (χ0v) is 15.8. The van der Waals surface area contributed by atoms with Crippen molar-refractivity contribution in [3.8, 4) is 5.75 Å². The molecule has 0 radical (unpaired) electrons. The van der Waals surface area contributed by atoms with E-state index in [2.05, 4.69) is 15.0 Å². The largest absolute Gasteiger partial charge is 0.497 e. The number of piperidine rings is 1. The molecule has 0 unspecified atom stereocenters. The summed E-state index contributed by atoms with van der Waals surface area (Å²) in [7, 11) is -1.87. The lowest BCUT2D eigenvalue weighted by Crippen LogP contribution is -2.38. The van der Waals surface area contributed by atoms with E-state index in [9.17, 15) is 8.42 Å². The Balaban J connectivity index is 1.56. The third-order valence-electron chi connectivity index (χ3n) is 4.99. The van der Waals surface area contributed by atoms with E-state index in [-0.39, 0.29) is 10.8 Å². The molecule has 1 aromatic carbocycles. The Morgan fingerprint density at radius 3 is 2.67 bits per heavy atom. The van der Waals surface area contributed by atoms with Crippen LogP contribution in [0.1, 0.15) is 24.5 Å². The van der Waals surface area contributed by atoms with Crippen molar-refractivity contribution in [1.29, 1.82) is 0 Å². The Morgan fingerprint density at radius 2 is 1.96 bits per heavy atom. The summed E-state index contributed by atoms with van der Waals surface area (Å²) in [6.45, 7) is 0.924. The first-order valence-corrected chi connectivity index (χ1v) is 10.2. The topological polar surface area (TPSA) is 85.3 Å². The molecule has 1 aliphatic rings. The van der Waals surface area contributed by atoms with Crippen LogP contribution in [0.3, 0.4) is 0 Å². The van der Waals surface area contributed by atoms with Gasteiger partial charge in [-0.15, -0.1) is 0 Å². The van der Waals surface area contributed by atoms with E-state index in [4.69, 9.17) is 4.74 Å². The first-order valence-electron chi connectivity index (χ1n) is 8.78. The van der Waals surface area contributed by atoms with Gasteiger partial charge in [-0.1, -0.05) is 0 Å². The van der Waals surface area contributed by atoms with Gasteiger partial charge in [-0.05, 0) is 37.1 Å². The molecule has 140 valence electrons. The van der Waals surface area contributed by atoms with Crippen molar-refractivity contribution in [2.75, 3.05) is 20.2 Å². The van der Waals surface area contributed by atoms with Gasteiger partial charge in [-0.25, -0.2) is 18.4 Å². The van der Waals surface area contributed by atoms with E-state index in [0.29, 0.717) is 13.1 Å². The minimum atomic E-state index is -3.50. The maximum atomic E-state index is 12.8. The number of hydrogen-bond acceptors (Lipinski definition) is 6. The van der Waals surface area contributed by atoms with Gasteiger partial charge in [0.15, 0.2) is 0 Å². The predicted molar refractivity (Wildman–Crippen MR) is 101 cm³/mol. The Hall–Kier alpha value is -2.58. The van der Waals surface area contributed by atoms with Crippen LogP contribution < -0.4 is 4.74 Å². The van der Waals surface area contributed by atoms with E-state index in [1.807, 2.05) is 18.2 Å². The van der Waals surface area contributed by atoms with Crippen molar-refractivity contribution >= 4 is 20.9 Å². The second-order valence-electron chi connectivity index (χ2n) is 6.51. The Bertz CT molecular complexity index is 1050. The van der Waals surface area contributed by atoms with Crippen molar-refractivity contribution in [2.24, 2.45) is 0 Å². The van der Waals surface area contributed by atoms with E-state index in [1.165, 1.54) is 10.5 Å².